The molecule has 26 heavy (non-hydrogen) atoms. The molecule has 0 aliphatic carbocycles. The Bertz CT molecular complexity index is 953. The van der Waals surface area contributed by atoms with Crippen LogP contribution in [0.15, 0.2) is 47.8 Å². The van der Waals surface area contributed by atoms with Crippen LogP contribution in [-0.4, -0.2) is 5.91 Å². The highest BCUT2D eigenvalue weighted by molar-refractivity contribution is 7.12. The van der Waals surface area contributed by atoms with E-state index in [0.29, 0.717) is 33.0 Å². The molecule has 1 amide bonds. The molecule has 1 heterocycles. The zero-order chi connectivity index (χ0) is 18.7. The third kappa shape index (κ3) is 4.58. The maximum Gasteiger partial charge on any atom is 0.265 e. The number of nitrogens with one attached hydrogen (secondary N) is 1. The van der Waals surface area contributed by atoms with E-state index in [2.05, 4.69) is 5.32 Å². The lowest BCUT2D eigenvalue weighted by molar-refractivity contribution is 0.103. The zero-order valence-corrected chi connectivity index (χ0v) is 16.6. The fraction of sp³-hybridized carbons (Fsp3) is 0.150. The lowest BCUT2D eigenvalue weighted by Gasteiger charge is -2.08. The molecule has 134 valence electrons. The lowest BCUT2D eigenvalue weighted by atomic mass is 10.2. The van der Waals surface area contributed by atoms with Crippen molar-refractivity contribution in [3.63, 3.8) is 0 Å². The summed E-state index contributed by atoms with van der Waals surface area (Å²) < 4.78 is 5.78. The van der Waals surface area contributed by atoms with Crippen molar-refractivity contribution in [3.05, 3.63) is 79.5 Å². The van der Waals surface area contributed by atoms with Crippen LogP contribution < -0.4 is 10.1 Å². The quantitative estimate of drug-likeness (QED) is 0.525. The second kappa shape index (κ2) is 8.12. The summed E-state index contributed by atoms with van der Waals surface area (Å²) in [6.45, 7) is 4.25. The summed E-state index contributed by atoms with van der Waals surface area (Å²) in [5, 5.41) is 5.96. The minimum atomic E-state index is -0.166. The van der Waals surface area contributed by atoms with E-state index in [4.69, 9.17) is 27.9 Å². The van der Waals surface area contributed by atoms with E-state index in [1.807, 2.05) is 49.6 Å². The van der Waals surface area contributed by atoms with Crippen LogP contribution in [-0.2, 0) is 6.61 Å². The van der Waals surface area contributed by atoms with Crippen LogP contribution in [0.1, 0.15) is 26.4 Å². The minimum absolute atomic E-state index is 0.166. The Balaban J connectivity index is 1.66. The fourth-order valence-electron chi connectivity index (χ4n) is 2.37. The van der Waals surface area contributed by atoms with Gasteiger partial charge in [-0.1, -0.05) is 35.3 Å². The van der Waals surface area contributed by atoms with Gasteiger partial charge < -0.3 is 10.1 Å². The number of hydrogen-bond acceptors (Lipinski definition) is 3. The minimum Gasteiger partial charge on any atom is -0.487 e. The number of aryl methyl sites for hydroxylation is 2. The Morgan fingerprint density at radius 3 is 2.73 bits per heavy atom. The third-order valence-electron chi connectivity index (χ3n) is 3.81. The number of carbonyl (C=O) groups is 1. The molecule has 0 fully saturated rings. The molecule has 3 nitrogen and oxygen atoms in total. The molecule has 0 aliphatic heterocycles. The Hall–Kier alpha value is -2.01. The zero-order valence-electron chi connectivity index (χ0n) is 14.3. The molecule has 0 bridgehead atoms. The van der Waals surface area contributed by atoms with Gasteiger partial charge in [0.1, 0.15) is 12.4 Å². The Morgan fingerprint density at radius 2 is 1.92 bits per heavy atom. The summed E-state index contributed by atoms with van der Waals surface area (Å²) in [5.41, 5.74) is 3.66. The molecule has 0 saturated carbocycles. The molecule has 6 heteroatoms. The molecule has 2 aromatic carbocycles. The van der Waals surface area contributed by atoms with Crippen LogP contribution in [0.3, 0.4) is 0 Å². The van der Waals surface area contributed by atoms with Crippen molar-refractivity contribution in [2.45, 2.75) is 20.5 Å². The van der Waals surface area contributed by atoms with Crippen molar-refractivity contribution in [2.24, 2.45) is 0 Å². The Kier molecular flexibility index (Phi) is 5.87. The van der Waals surface area contributed by atoms with Gasteiger partial charge in [-0.05, 0) is 60.7 Å². The fourth-order valence-corrected chi connectivity index (χ4v) is 3.50. The van der Waals surface area contributed by atoms with Crippen molar-refractivity contribution in [3.8, 4) is 5.75 Å². The molecule has 0 radical (unpaired) electrons. The largest absolute Gasteiger partial charge is 0.487 e. The lowest BCUT2D eigenvalue weighted by Crippen LogP contribution is -2.11. The molecule has 0 spiro atoms. The Labute approximate surface area is 166 Å². The van der Waals surface area contributed by atoms with Crippen LogP contribution in [0.5, 0.6) is 5.75 Å². The van der Waals surface area contributed by atoms with Crippen molar-refractivity contribution in [1.29, 1.82) is 0 Å². The first-order chi connectivity index (χ1) is 12.4. The van der Waals surface area contributed by atoms with Gasteiger partial charge in [-0.3, -0.25) is 4.79 Å². The van der Waals surface area contributed by atoms with Crippen LogP contribution >= 0.6 is 34.5 Å². The standard InChI is InChI=1S/C20H17Cl2NO2S/c1-12-3-6-16(22)18(7-12)25-10-14-8-19(26-11-14)20(24)23-17-9-15(21)5-4-13(17)2/h3-9,11H,10H2,1-2H3,(H,23,24). The van der Waals surface area contributed by atoms with Gasteiger partial charge >= 0.3 is 0 Å². The number of amides is 1. The Morgan fingerprint density at radius 1 is 1.12 bits per heavy atom. The van der Waals surface area contributed by atoms with E-state index >= 15 is 0 Å². The van der Waals surface area contributed by atoms with Gasteiger partial charge in [-0.2, -0.15) is 0 Å². The van der Waals surface area contributed by atoms with E-state index < -0.39 is 0 Å². The number of thiophene rings is 1. The van der Waals surface area contributed by atoms with Gasteiger partial charge in [0.25, 0.3) is 5.91 Å². The molecule has 0 atom stereocenters. The summed E-state index contributed by atoms with van der Waals surface area (Å²) in [4.78, 5) is 13.1. The van der Waals surface area contributed by atoms with Crippen molar-refractivity contribution in [2.75, 3.05) is 5.32 Å². The summed E-state index contributed by atoms with van der Waals surface area (Å²) >= 11 is 13.5. The number of halogens is 2. The van der Waals surface area contributed by atoms with E-state index in [1.165, 1.54) is 11.3 Å². The maximum absolute atomic E-state index is 12.5. The van der Waals surface area contributed by atoms with E-state index in [1.54, 1.807) is 12.1 Å². The average molecular weight is 406 g/mol. The topological polar surface area (TPSA) is 38.3 Å². The number of anilines is 1. The van der Waals surface area contributed by atoms with Crippen molar-refractivity contribution >= 4 is 46.1 Å². The second-order valence-corrected chi connectivity index (χ2v) is 7.71. The molecule has 1 N–H and O–H groups in total. The normalized spacial score (nSPS) is 10.6. The molecule has 0 unspecified atom stereocenters. The number of carbonyl (C=O) groups excluding carboxylic acids is 1. The number of benzene rings is 2. The molecule has 0 saturated heterocycles. The number of ether oxygens (including phenoxy) is 1. The van der Waals surface area contributed by atoms with Gasteiger partial charge in [0, 0.05) is 16.3 Å². The first kappa shape index (κ1) is 18.8. The van der Waals surface area contributed by atoms with E-state index in [9.17, 15) is 4.79 Å². The van der Waals surface area contributed by atoms with Crippen LogP contribution in [0.4, 0.5) is 5.69 Å². The monoisotopic (exact) mass is 405 g/mol. The smallest absolute Gasteiger partial charge is 0.265 e. The second-order valence-electron chi connectivity index (χ2n) is 5.96. The van der Waals surface area contributed by atoms with Crippen molar-refractivity contribution < 1.29 is 9.53 Å². The van der Waals surface area contributed by atoms with Gasteiger partial charge in [-0.25, -0.2) is 0 Å². The third-order valence-corrected chi connectivity index (χ3v) is 5.33. The van der Waals surface area contributed by atoms with Crippen LogP contribution in [0.2, 0.25) is 10.0 Å². The van der Waals surface area contributed by atoms with Gasteiger partial charge in [0.15, 0.2) is 0 Å². The van der Waals surface area contributed by atoms with Crippen LogP contribution in [0, 0.1) is 13.8 Å². The van der Waals surface area contributed by atoms with Crippen LogP contribution in [0.25, 0.3) is 0 Å². The first-order valence-electron chi connectivity index (χ1n) is 7.96. The molecule has 3 aromatic rings. The predicted octanol–water partition coefficient (Wildman–Crippen LogP) is 6.50. The van der Waals surface area contributed by atoms with Gasteiger partial charge in [-0.15, -0.1) is 11.3 Å². The summed E-state index contributed by atoms with van der Waals surface area (Å²) in [5.74, 6) is 0.471. The van der Waals surface area contributed by atoms with Crippen molar-refractivity contribution in [1.82, 2.24) is 0 Å². The van der Waals surface area contributed by atoms with Gasteiger partial charge in [0.2, 0.25) is 0 Å². The highest BCUT2D eigenvalue weighted by Crippen LogP contribution is 2.27. The van der Waals surface area contributed by atoms with E-state index in [-0.39, 0.29) is 5.91 Å². The number of rotatable bonds is 5. The van der Waals surface area contributed by atoms with E-state index in [0.717, 1.165) is 16.7 Å². The summed E-state index contributed by atoms with van der Waals surface area (Å²) in [6, 6.07) is 12.9. The first-order valence-corrected chi connectivity index (χ1v) is 9.60. The summed E-state index contributed by atoms with van der Waals surface area (Å²) in [7, 11) is 0. The van der Waals surface area contributed by atoms with Gasteiger partial charge in [0.05, 0.1) is 9.90 Å². The summed E-state index contributed by atoms with van der Waals surface area (Å²) in [6.07, 6.45) is 0. The highest BCUT2D eigenvalue weighted by Gasteiger charge is 2.12. The average Bonchev–Trinajstić information content (AvgIpc) is 3.08. The molecule has 0 aliphatic rings. The molecular formula is C20H17Cl2NO2S. The maximum atomic E-state index is 12.5. The molecular weight excluding hydrogens is 389 g/mol. The number of hydrogen-bond donors (Lipinski definition) is 1. The SMILES string of the molecule is Cc1ccc(Cl)c(OCc2csc(C(=O)Nc3cc(Cl)ccc3C)c2)c1. The highest BCUT2D eigenvalue weighted by atomic mass is 35.5. The predicted molar refractivity (Wildman–Crippen MR) is 109 cm³/mol. The molecule has 1 aromatic heterocycles. The molecule has 3 rings (SSSR count).